The third kappa shape index (κ3) is 4.42. The minimum absolute atomic E-state index is 0.197. The Balaban J connectivity index is 1.29. The first-order chi connectivity index (χ1) is 14.7. The molecule has 2 fully saturated rings. The monoisotopic (exact) mass is 407 g/mol. The lowest BCUT2D eigenvalue weighted by Gasteiger charge is -2.26. The van der Waals surface area contributed by atoms with Gasteiger partial charge in [0.05, 0.1) is 37.2 Å². The van der Waals surface area contributed by atoms with E-state index in [1.807, 2.05) is 23.1 Å². The van der Waals surface area contributed by atoms with Crippen molar-refractivity contribution in [2.24, 2.45) is 0 Å². The van der Waals surface area contributed by atoms with Crippen LogP contribution in [0.2, 0.25) is 0 Å². The second kappa shape index (κ2) is 8.37. The van der Waals surface area contributed by atoms with E-state index in [0.29, 0.717) is 17.2 Å². The van der Waals surface area contributed by atoms with Crippen molar-refractivity contribution in [3.8, 4) is 11.1 Å². The number of urea groups is 1. The highest BCUT2D eigenvalue weighted by atomic mass is 16.5. The minimum atomic E-state index is -0.197. The molecule has 156 valence electrons. The van der Waals surface area contributed by atoms with Crippen LogP contribution in [0.5, 0.6) is 0 Å². The van der Waals surface area contributed by atoms with Gasteiger partial charge in [0.15, 0.2) is 0 Å². The fourth-order valence-corrected chi connectivity index (χ4v) is 3.56. The SMILES string of the molecule is O=C(Nc1ccnc2cc(-c3cnn(CCN4CCOCC4)c3)cnc12)NC1CC1. The van der Waals surface area contributed by atoms with Crippen molar-refractivity contribution < 1.29 is 9.53 Å². The Kier molecular flexibility index (Phi) is 5.29. The van der Waals surface area contributed by atoms with E-state index in [9.17, 15) is 4.79 Å². The molecule has 0 bridgehead atoms. The molecular weight excluding hydrogens is 382 g/mol. The number of anilines is 1. The van der Waals surface area contributed by atoms with E-state index in [4.69, 9.17) is 4.74 Å². The number of hydrogen-bond acceptors (Lipinski definition) is 6. The van der Waals surface area contributed by atoms with Crippen LogP contribution < -0.4 is 10.6 Å². The summed E-state index contributed by atoms with van der Waals surface area (Å²) in [5.41, 5.74) is 4.01. The summed E-state index contributed by atoms with van der Waals surface area (Å²) in [5.74, 6) is 0. The van der Waals surface area contributed by atoms with E-state index in [1.54, 1.807) is 18.5 Å². The lowest BCUT2D eigenvalue weighted by Crippen LogP contribution is -2.38. The molecule has 2 amide bonds. The predicted molar refractivity (Wildman–Crippen MR) is 113 cm³/mol. The number of carbonyl (C=O) groups excluding carboxylic acids is 1. The van der Waals surface area contributed by atoms with Crippen molar-refractivity contribution in [1.29, 1.82) is 0 Å². The van der Waals surface area contributed by atoms with Gasteiger partial charge in [-0.15, -0.1) is 0 Å². The van der Waals surface area contributed by atoms with Gasteiger partial charge in [-0.2, -0.15) is 5.10 Å². The van der Waals surface area contributed by atoms with Gasteiger partial charge in [0.25, 0.3) is 0 Å². The Morgan fingerprint density at radius 3 is 2.83 bits per heavy atom. The average molecular weight is 407 g/mol. The molecule has 9 heteroatoms. The largest absolute Gasteiger partial charge is 0.379 e. The number of rotatable bonds is 6. The number of nitrogens with zero attached hydrogens (tertiary/aromatic N) is 5. The first-order valence-electron chi connectivity index (χ1n) is 10.4. The number of ether oxygens (including phenoxy) is 1. The quantitative estimate of drug-likeness (QED) is 0.650. The van der Waals surface area contributed by atoms with Gasteiger partial charge in [0.2, 0.25) is 0 Å². The Hall–Kier alpha value is -3.04. The molecule has 4 heterocycles. The van der Waals surface area contributed by atoms with Crippen LogP contribution in [0.4, 0.5) is 10.5 Å². The molecule has 2 N–H and O–H groups in total. The molecule has 0 unspecified atom stereocenters. The van der Waals surface area contributed by atoms with E-state index < -0.39 is 0 Å². The third-order valence-electron chi connectivity index (χ3n) is 5.45. The molecule has 1 aliphatic carbocycles. The summed E-state index contributed by atoms with van der Waals surface area (Å²) in [6, 6.07) is 3.86. The number of hydrogen-bond donors (Lipinski definition) is 2. The van der Waals surface area contributed by atoms with Crippen LogP contribution in [0.1, 0.15) is 12.8 Å². The summed E-state index contributed by atoms with van der Waals surface area (Å²) >= 11 is 0. The highest BCUT2D eigenvalue weighted by molar-refractivity contribution is 5.99. The first kappa shape index (κ1) is 19.0. The number of nitrogens with one attached hydrogen (secondary N) is 2. The second-order valence-electron chi connectivity index (χ2n) is 7.77. The Bertz CT molecular complexity index is 1040. The summed E-state index contributed by atoms with van der Waals surface area (Å²) in [7, 11) is 0. The fraction of sp³-hybridized carbons (Fsp3) is 0.429. The zero-order valence-electron chi connectivity index (χ0n) is 16.8. The highest BCUT2D eigenvalue weighted by Crippen LogP contribution is 2.25. The van der Waals surface area contributed by atoms with Gasteiger partial charge in [0.1, 0.15) is 5.52 Å². The van der Waals surface area contributed by atoms with E-state index in [-0.39, 0.29) is 6.03 Å². The molecular formula is C21H25N7O2. The molecule has 1 aliphatic heterocycles. The number of morpholine rings is 1. The molecule has 3 aromatic rings. The van der Waals surface area contributed by atoms with Crippen molar-refractivity contribution in [3.63, 3.8) is 0 Å². The summed E-state index contributed by atoms with van der Waals surface area (Å²) in [4.78, 5) is 23.5. The van der Waals surface area contributed by atoms with Gasteiger partial charge < -0.3 is 15.4 Å². The minimum Gasteiger partial charge on any atom is -0.379 e. The second-order valence-corrected chi connectivity index (χ2v) is 7.77. The molecule has 1 saturated heterocycles. The average Bonchev–Trinajstić information content (AvgIpc) is 3.45. The van der Waals surface area contributed by atoms with Crippen LogP contribution in [-0.4, -0.2) is 69.6 Å². The number of aromatic nitrogens is 4. The Labute approximate surface area is 174 Å². The topological polar surface area (TPSA) is 97.2 Å². The van der Waals surface area contributed by atoms with Gasteiger partial charge in [-0.3, -0.25) is 19.5 Å². The normalized spacial score (nSPS) is 17.2. The number of amides is 2. The first-order valence-corrected chi connectivity index (χ1v) is 10.4. The molecule has 5 rings (SSSR count). The van der Waals surface area contributed by atoms with Crippen molar-refractivity contribution in [2.75, 3.05) is 38.2 Å². The van der Waals surface area contributed by atoms with Crippen molar-refractivity contribution in [3.05, 3.63) is 36.9 Å². The summed E-state index contributed by atoms with van der Waals surface area (Å²) in [6.07, 6.45) is 9.48. The van der Waals surface area contributed by atoms with E-state index >= 15 is 0 Å². The molecule has 9 nitrogen and oxygen atoms in total. The van der Waals surface area contributed by atoms with Gasteiger partial charge in [0, 0.05) is 55.4 Å². The maximum absolute atomic E-state index is 12.1. The molecule has 2 aliphatic rings. The summed E-state index contributed by atoms with van der Waals surface area (Å²) in [5, 5.41) is 10.3. The Morgan fingerprint density at radius 1 is 1.13 bits per heavy atom. The van der Waals surface area contributed by atoms with Gasteiger partial charge in [-0.05, 0) is 25.0 Å². The lowest BCUT2D eigenvalue weighted by atomic mass is 10.1. The van der Waals surface area contributed by atoms with Crippen molar-refractivity contribution in [2.45, 2.75) is 25.4 Å². The Morgan fingerprint density at radius 2 is 2.00 bits per heavy atom. The fourth-order valence-electron chi connectivity index (χ4n) is 3.56. The number of carbonyl (C=O) groups is 1. The zero-order valence-corrected chi connectivity index (χ0v) is 16.8. The van der Waals surface area contributed by atoms with E-state index in [0.717, 1.165) is 68.9 Å². The summed E-state index contributed by atoms with van der Waals surface area (Å²) in [6.45, 7) is 5.36. The number of pyridine rings is 2. The smallest absolute Gasteiger partial charge is 0.319 e. The maximum Gasteiger partial charge on any atom is 0.319 e. The van der Waals surface area contributed by atoms with Crippen molar-refractivity contribution >= 4 is 22.8 Å². The van der Waals surface area contributed by atoms with Crippen LogP contribution in [0.25, 0.3) is 22.2 Å². The van der Waals surface area contributed by atoms with E-state index in [1.165, 1.54) is 0 Å². The highest BCUT2D eigenvalue weighted by Gasteiger charge is 2.23. The maximum atomic E-state index is 12.1. The van der Waals surface area contributed by atoms with Crippen LogP contribution in [-0.2, 0) is 11.3 Å². The van der Waals surface area contributed by atoms with Crippen LogP contribution in [0.15, 0.2) is 36.9 Å². The van der Waals surface area contributed by atoms with Crippen molar-refractivity contribution in [1.82, 2.24) is 30.0 Å². The molecule has 1 saturated carbocycles. The van der Waals surface area contributed by atoms with Crippen LogP contribution in [0, 0.1) is 0 Å². The molecule has 0 radical (unpaired) electrons. The number of fused-ring (bicyclic) bond motifs is 1. The zero-order chi connectivity index (χ0) is 20.3. The summed E-state index contributed by atoms with van der Waals surface area (Å²) < 4.78 is 7.36. The predicted octanol–water partition coefficient (Wildman–Crippen LogP) is 2.11. The lowest BCUT2D eigenvalue weighted by molar-refractivity contribution is 0.0360. The molecule has 0 atom stereocenters. The standard InChI is InChI=1S/C21H25N7O2/c29-21(25-17-1-2-17)26-18-3-4-22-19-11-15(12-23-20(18)19)16-13-24-28(14-16)6-5-27-7-9-30-10-8-27/h3-4,11-14,17H,1-2,5-10H2,(H2,22,25,26,29). The van der Waals surface area contributed by atoms with Crippen LogP contribution >= 0.6 is 0 Å². The molecule has 0 aromatic carbocycles. The molecule has 0 spiro atoms. The molecule has 3 aromatic heterocycles. The van der Waals surface area contributed by atoms with Gasteiger partial charge in [-0.1, -0.05) is 0 Å². The molecule has 30 heavy (non-hydrogen) atoms. The third-order valence-corrected chi connectivity index (χ3v) is 5.45. The van der Waals surface area contributed by atoms with E-state index in [2.05, 4.69) is 30.6 Å². The van der Waals surface area contributed by atoms with Gasteiger partial charge in [-0.25, -0.2) is 4.79 Å². The van der Waals surface area contributed by atoms with Crippen LogP contribution in [0.3, 0.4) is 0 Å². The van der Waals surface area contributed by atoms with Gasteiger partial charge >= 0.3 is 6.03 Å².